The molecule has 2 aromatic rings. The molecule has 0 radical (unpaired) electrons. The molecular formula is C23H30N4O4. The number of anilines is 2. The zero-order valence-corrected chi connectivity index (χ0v) is 18.2. The lowest BCUT2D eigenvalue weighted by atomic mass is 10.1. The fourth-order valence-corrected chi connectivity index (χ4v) is 2.76. The summed E-state index contributed by atoms with van der Waals surface area (Å²) < 4.78 is 4.92. The van der Waals surface area contributed by atoms with Gasteiger partial charge in [-0.2, -0.15) is 0 Å². The Morgan fingerprint density at radius 2 is 1.74 bits per heavy atom. The fourth-order valence-electron chi connectivity index (χ4n) is 2.76. The van der Waals surface area contributed by atoms with Gasteiger partial charge >= 0.3 is 0 Å². The monoisotopic (exact) mass is 426 g/mol. The van der Waals surface area contributed by atoms with Crippen LogP contribution in [0.2, 0.25) is 0 Å². The Kier molecular flexibility index (Phi) is 9.51. The van der Waals surface area contributed by atoms with E-state index in [1.54, 1.807) is 50.4 Å². The maximum absolute atomic E-state index is 12.2. The van der Waals surface area contributed by atoms with Crippen LogP contribution in [0.15, 0.2) is 48.5 Å². The van der Waals surface area contributed by atoms with Crippen LogP contribution in [0.5, 0.6) is 0 Å². The number of aryl methyl sites for hydroxylation is 1. The van der Waals surface area contributed by atoms with Crippen molar-refractivity contribution in [2.24, 2.45) is 0 Å². The molecule has 3 amide bonds. The molecule has 0 heterocycles. The number of amides is 3. The van der Waals surface area contributed by atoms with Crippen LogP contribution < -0.4 is 16.0 Å². The zero-order chi connectivity index (χ0) is 22.6. The van der Waals surface area contributed by atoms with Crippen molar-refractivity contribution >= 4 is 29.1 Å². The Hall–Kier alpha value is -3.39. The predicted octanol–water partition coefficient (Wildman–Crippen LogP) is 2.13. The van der Waals surface area contributed by atoms with Gasteiger partial charge in [-0.25, -0.2) is 0 Å². The van der Waals surface area contributed by atoms with Gasteiger partial charge in [-0.1, -0.05) is 18.2 Å². The van der Waals surface area contributed by atoms with Gasteiger partial charge in [0.15, 0.2) is 0 Å². The van der Waals surface area contributed by atoms with Gasteiger partial charge in [0.25, 0.3) is 5.91 Å². The van der Waals surface area contributed by atoms with Gasteiger partial charge in [-0.3, -0.25) is 14.4 Å². The van der Waals surface area contributed by atoms with E-state index in [4.69, 9.17) is 4.74 Å². The van der Waals surface area contributed by atoms with E-state index in [9.17, 15) is 14.4 Å². The van der Waals surface area contributed by atoms with E-state index < -0.39 is 0 Å². The van der Waals surface area contributed by atoms with Crippen LogP contribution in [0.4, 0.5) is 11.4 Å². The molecule has 2 aromatic carbocycles. The molecule has 0 aliphatic carbocycles. The number of hydrogen-bond donors (Lipinski definition) is 3. The van der Waals surface area contributed by atoms with E-state index in [0.717, 1.165) is 5.56 Å². The van der Waals surface area contributed by atoms with E-state index in [2.05, 4.69) is 16.0 Å². The fraction of sp³-hybridized carbons (Fsp3) is 0.348. The van der Waals surface area contributed by atoms with Crippen LogP contribution in [0.25, 0.3) is 0 Å². The van der Waals surface area contributed by atoms with Crippen molar-refractivity contribution in [2.45, 2.75) is 12.8 Å². The number of rotatable bonds is 11. The SMILES string of the molecule is COCCNC(=O)c1cccc(NCC(=O)Nc2ccc(CCC(=O)N(C)C)cc2)c1. The molecule has 0 aliphatic heterocycles. The first kappa shape index (κ1) is 23.9. The summed E-state index contributed by atoms with van der Waals surface area (Å²) in [7, 11) is 5.05. The van der Waals surface area contributed by atoms with Crippen molar-refractivity contribution in [3.05, 3.63) is 59.7 Å². The summed E-state index contributed by atoms with van der Waals surface area (Å²) in [5.74, 6) is -0.317. The minimum absolute atomic E-state index is 0.0633. The second-order valence-electron chi connectivity index (χ2n) is 7.22. The summed E-state index contributed by atoms with van der Waals surface area (Å²) in [5, 5.41) is 8.61. The Balaban J connectivity index is 1.80. The van der Waals surface area contributed by atoms with Gasteiger partial charge in [0.05, 0.1) is 13.2 Å². The Morgan fingerprint density at radius 3 is 2.42 bits per heavy atom. The van der Waals surface area contributed by atoms with Crippen molar-refractivity contribution < 1.29 is 19.1 Å². The smallest absolute Gasteiger partial charge is 0.251 e. The van der Waals surface area contributed by atoms with Crippen molar-refractivity contribution in [1.82, 2.24) is 10.2 Å². The van der Waals surface area contributed by atoms with E-state index in [-0.39, 0.29) is 24.3 Å². The highest BCUT2D eigenvalue weighted by Crippen LogP contribution is 2.13. The Morgan fingerprint density at radius 1 is 1.00 bits per heavy atom. The maximum Gasteiger partial charge on any atom is 0.251 e. The van der Waals surface area contributed by atoms with Gasteiger partial charge in [-0.15, -0.1) is 0 Å². The first-order chi connectivity index (χ1) is 14.9. The highest BCUT2D eigenvalue weighted by atomic mass is 16.5. The van der Waals surface area contributed by atoms with Crippen molar-refractivity contribution in [3.8, 4) is 0 Å². The molecule has 31 heavy (non-hydrogen) atoms. The molecule has 8 nitrogen and oxygen atoms in total. The normalized spacial score (nSPS) is 10.3. The summed E-state index contributed by atoms with van der Waals surface area (Å²) in [4.78, 5) is 37.6. The zero-order valence-electron chi connectivity index (χ0n) is 18.2. The van der Waals surface area contributed by atoms with Crippen LogP contribution >= 0.6 is 0 Å². The quantitative estimate of drug-likeness (QED) is 0.478. The van der Waals surface area contributed by atoms with Crippen LogP contribution in [-0.2, 0) is 20.7 Å². The average Bonchev–Trinajstić information content (AvgIpc) is 2.77. The molecule has 0 saturated heterocycles. The summed E-state index contributed by atoms with van der Waals surface area (Å²) >= 11 is 0. The van der Waals surface area contributed by atoms with Gasteiger partial charge in [0, 0.05) is 51.1 Å². The molecule has 0 aliphatic rings. The molecule has 0 aromatic heterocycles. The largest absolute Gasteiger partial charge is 0.383 e. The molecule has 0 atom stereocenters. The Labute approximate surface area is 183 Å². The van der Waals surface area contributed by atoms with E-state index in [0.29, 0.717) is 42.9 Å². The van der Waals surface area contributed by atoms with E-state index >= 15 is 0 Å². The van der Waals surface area contributed by atoms with Gasteiger partial charge in [0.2, 0.25) is 11.8 Å². The third-order valence-electron chi connectivity index (χ3n) is 4.53. The summed E-state index contributed by atoms with van der Waals surface area (Å²) in [6, 6.07) is 14.4. The van der Waals surface area contributed by atoms with E-state index in [1.807, 2.05) is 24.3 Å². The molecule has 0 spiro atoms. The molecule has 0 fully saturated rings. The number of carbonyl (C=O) groups excluding carboxylic acids is 3. The molecule has 166 valence electrons. The second-order valence-corrected chi connectivity index (χ2v) is 7.22. The lowest BCUT2D eigenvalue weighted by molar-refractivity contribution is -0.128. The molecule has 0 bridgehead atoms. The number of ether oxygens (including phenoxy) is 1. The first-order valence-electron chi connectivity index (χ1n) is 10.1. The van der Waals surface area contributed by atoms with E-state index in [1.165, 1.54) is 0 Å². The highest BCUT2D eigenvalue weighted by molar-refractivity contribution is 5.96. The van der Waals surface area contributed by atoms with Crippen LogP contribution in [0, 0.1) is 0 Å². The predicted molar refractivity (Wildman–Crippen MR) is 121 cm³/mol. The number of nitrogens with zero attached hydrogens (tertiary/aromatic N) is 1. The van der Waals surface area contributed by atoms with Crippen LogP contribution in [0.1, 0.15) is 22.3 Å². The Bertz CT molecular complexity index is 881. The van der Waals surface area contributed by atoms with Gasteiger partial charge < -0.3 is 25.6 Å². The maximum atomic E-state index is 12.2. The third kappa shape index (κ3) is 8.47. The summed E-state index contributed by atoms with van der Waals surface area (Å²) in [6.45, 7) is 0.938. The average molecular weight is 427 g/mol. The van der Waals surface area contributed by atoms with Crippen molar-refractivity contribution in [3.63, 3.8) is 0 Å². The number of carbonyl (C=O) groups is 3. The minimum atomic E-state index is -0.203. The minimum Gasteiger partial charge on any atom is -0.383 e. The van der Waals surface area contributed by atoms with Gasteiger partial charge in [-0.05, 0) is 42.3 Å². The summed E-state index contributed by atoms with van der Waals surface area (Å²) in [5.41, 5.74) is 2.90. The molecule has 0 saturated carbocycles. The standard InChI is InChI=1S/C23H30N4O4/c1-27(2)22(29)12-9-17-7-10-19(11-8-17)26-21(28)16-25-20-6-4-5-18(15-20)23(30)24-13-14-31-3/h4-8,10-11,15,25H,9,12-14,16H2,1-3H3,(H,24,30)(H,26,28). The molecule has 3 N–H and O–H groups in total. The summed E-state index contributed by atoms with van der Waals surface area (Å²) in [6.07, 6.45) is 1.11. The lowest BCUT2D eigenvalue weighted by Crippen LogP contribution is -2.27. The van der Waals surface area contributed by atoms with Crippen molar-refractivity contribution in [2.75, 3.05) is 51.5 Å². The highest BCUT2D eigenvalue weighted by Gasteiger charge is 2.08. The van der Waals surface area contributed by atoms with Crippen LogP contribution in [0.3, 0.4) is 0 Å². The molecule has 2 rings (SSSR count). The third-order valence-corrected chi connectivity index (χ3v) is 4.53. The number of benzene rings is 2. The topological polar surface area (TPSA) is 99.8 Å². The number of nitrogens with one attached hydrogen (secondary N) is 3. The number of hydrogen-bond acceptors (Lipinski definition) is 5. The van der Waals surface area contributed by atoms with Crippen LogP contribution in [-0.4, -0.2) is 63.5 Å². The second kappa shape index (κ2) is 12.3. The van der Waals surface area contributed by atoms with Gasteiger partial charge in [0.1, 0.15) is 0 Å². The van der Waals surface area contributed by atoms with Crippen molar-refractivity contribution in [1.29, 1.82) is 0 Å². The first-order valence-corrected chi connectivity index (χ1v) is 10.1. The molecular weight excluding hydrogens is 396 g/mol. The molecule has 8 heteroatoms. The molecule has 0 unspecified atom stereocenters. The number of methoxy groups -OCH3 is 1. The lowest BCUT2D eigenvalue weighted by Gasteiger charge is -2.11.